The third-order valence-electron chi connectivity index (χ3n) is 3.36. The highest BCUT2D eigenvalue weighted by Crippen LogP contribution is 2.35. The van der Waals surface area contributed by atoms with Gasteiger partial charge < -0.3 is 13.7 Å². The molecule has 0 saturated carbocycles. The van der Waals surface area contributed by atoms with Gasteiger partial charge in [0.05, 0.1) is 18.4 Å². The second-order valence-electron chi connectivity index (χ2n) is 5.39. The molecule has 25 heavy (non-hydrogen) atoms. The van der Waals surface area contributed by atoms with Gasteiger partial charge in [0.25, 0.3) is 0 Å². The molecule has 1 heterocycles. The zero-order valence-corrected chi connectivity index (χ0v) is 14.5. The smallest absolute Gasteiger partial charge is 0.306 e. The molecule has 0 radical (unpaired) electrons. The van der Waals surface area contributed by atoms with E-state index in [1.807, 2.05) is 6.92 Å². The zero-order chi connectivity index (χ0) is 18.0. The topological polar surface area (TPSA) is 78.9 Å². The lowest BCUT2D eigenvalue weighted by molar-refractivity contribution is 0.101. The van der Waals surface area contributed by atoms with Crippen molar-refractivity contribution in [3.8, 4) is 17.2 Å². The Balaban J connectivity index is 1.88. The summed E-state index contributed by atoms with van der Waals surface area (Å²) in [5.74, 6) is 1.13. The molecule has 6 nitrogen and oxygen atoms in total. The number of ether oxygens (including phenoxy) is 2. The average Bonchev–Trinajstić information content (AvgIpc) is 2.82. The van der Waals surface area contributed by atoms with Gasteiger partial charge in [-0.05, 0) is 42.8 Å². The lowest BCUT2D eigenvalue weighted by Crippen LogP contribution is -2.05. The number of hydrogen-bond donors (Lipinski definition) is 0. The van der Waals surface area contributed by atoms with Crippen LogP contribution in [0.2, 0.25) is 0 Å². The van der Waals surface area contributed by atoms with Crippen molar-refractivity contribution in [2.75, 3.05) is 12.9 Å². The van der Waals surface area contributed by atoms with E-state index in [1.54, 1.807) is 30.3 Å². The summed E-state index contributed by atoms with van der Waals surface area (Å²) in [5, 5.41) is 0. The van der Waals surface area contributed by atoms with Crippen LogP contribution in [0.4, 0.5) is 0 Å². The van der Waals surface area contributed by atoms with Gasteiger partial charge in [0.2, 0.25) is 5.78 Å². The largest absolute Gasteiger partial charge is 0.494 e. The summed E-state index contributed by atoms with van der Waals surface area (Å²) >= 11 is 0. The molecular formula is C18H16O6S. The zero-order valence-electron chi connectivity index (χ0n) is 13.7. The minimum absolute atomic E-state index is 0.153. The molecule has 0 N–H and O–H groups in total. The van der Waals surface area contributed by atoms with Crippen molar-refractivity contribution in [1.82, 2.24) is 0 Å². The summed E-state index contributed by atoms with van der Waals surface area (Å²) < 4.78 is 38.3. The van der Waals surface area contributed by atoms with Gasteiger partial charge in [-0.25, -0.2) is 0 Å². The number of benzene rings is 2. The van der Waals surface area contributed by atoms with Gasteiger partial charge >= 0.3 is 10.1 Å². The Kier molecular flexibility index (Phi) is 4.50. The number of carbonyl (C=O) groups excluding carboxylic acids is 1. The van der Waals surface area contributed by atoms with E-state index in [9.17, 15) is 13.2 Å². The van der Waals surface area contributed by atoms with Crippen LogP contribution in [0.5, 0.6) is 17.2 Å². The molecule has 0 fully saturated rings. The van der Waals surface area contributed by atoms with E-state index >= 15 is 0 Å². The summed E-state index contributed by atoms with van der Waals surface area (Å²) in [5.41, 5.74) is 1.04. The molecule has 0 spiro atoms. The SMILES string of the molecule is CCOc1ccc2c(c1)OC(=Cc1cccc(OS(C)(=O)=O)c1)C2=O. The van der Waals surface area contributed by atoms with Crippen molar-refractivity contribution in [1.29, 1.82) is 0 Å². The van der Waals surface area contributed by atoms with Crippen molar-refractivity contribution in [3.63, 3.8) is 0 Å². The lowest BCUT2D eigenvalue weighted by Gasteiger charge is -2.04. The van der Waals surface area contributed by atoms with Gasteiger partial charge in [0, 0.05) is 6.07 Å². The Morgan fingerprint density at radius 2 is 1.92 bits per heavy atom. The third-order valence-corrected chi connectivity index (χ3v) is 3.85. The molecule has 3 rings (SSSR count). The van der Waals surface area contributed by atoms with E-state index in [0.717, 1.165) is 6.26 Å². The second-order valence-corrected chi connectivity index (χ2v) is 6.97. The highest BCUT2D eigenvalue weighted by Gasteiger charge is 2.27. The van der Waals surface area contributed by atoms with Crippen molar-refractivity contribution < 1.29 is 26.9 Å². The van der Waals surface area contributed by atoms with Crippen molar-refractivity contribution >= 4 is 22.0 Å². The van der Waals surface area contributed by atoms with Crippen molar-refractivity contribution in [2.45, 2.75) is 6.92 Å². The van der Waals surface area contributed by atoms with Crippen LogP contribution < -0.4 is 13.7 Å². The molecule has 0 aromatic heterocycles. The molecular weight excluding hydrogens is 344 g/mol. The first kappa shape index (κ1) is 17.0. The summed E-state index contributed by atoms with van der Waals surface area (Å²) in [6, 6.07) is 11.4. The minimum Gasteiger partial charge on any atom is -0.494 e. The predicted octanol–water partition coefficient (Wildman–Crippen LogP) is 3.04. The molecule has 0 atom stereocenters. The number of fused-ring (bicyclic) bond motifs is 1. The Bertz CT molecular complexity index is 959. The summed E-state index contributed by atoms with van der Waals surface area (Å²) in [6.45, 7) is 2.39. The van der Waals surface area contributed by atoms with Crippen LogP contribution in [0, 0.1) is 0 Å². The van der Waals surface area contributed by atoms with Gasteiger partial charge in [0.1, 0.15) is 17.2 Å². The maximum absolute atomic E-state index is 12.4. The summed E-state index contributed by atoms with van der Waals surface area (Å²) in [4.78, 5) is 12.4. The highest BCUT2D eigenvalue weighted by molar-refractivity contribution is 7.86. The van der Waals surface area contributed by atoms with Crippen LogP contribution in [0.25, 0.3) is 6.08 Å². The van der Waals surface area contributed by atoms with E-state index in [1.165, 1.54) is 18.2 Å². The van der Waals surface area contributed by atoms with E-state index in [2.05, 4.69) is 0 Å². The second kappa shape index (κ2) is 6.60. The number of carbonyl (C=O) groups is 1. The van der Waals surface area contributed by atoms with Crippen LogP contribution in [0.1, 0.15) is 22.8 Å². The van der Waals surface area contributed by atoms with Gasteiger partial charge in [-0.15, -0.1) is 0 Å². The molecule has 7 heteroatoms. The first-order valence-corrected chi connectivity index (χ1v) is 9.38. The van der Waals surface area contributed by atoms with E-state index in [0.29, 0.717) is 29.2 Å². The number of rotatable bonds is 5. The molecule has 0 bridgehead atoms. The minimum atomic E-state index is -3.62. The Morgan fingerprint density at radius 1 is 1.12 bits per heavy atom. The van der Waals surface area contributed by atoms with Gasteiger partial charge in [-0.3, -0.25) is 4.79 Å². The molecule has 130 valence electrons. The number of allylic oxidation sites excluding steroid dienone is 1. The molecule has 2 aromatic rings. The standard InChI is InChI=1S/C18H16O6S/c1-3-22-13-7-8-15-16(11-13)23-17(18(15)19)10-12-5-4-6-14(9-12)24-25(2,20)21/h4-11H,3H2,1-2H3. The summed E-state index contributed by atoms with van der Waals surface area (Å²) in [7, 11) is -3.62. The van der Waals surface area contributed by atoms with Crippen LogP contribution in [0.3, 0.4) is 0 Å². The van der Waals surface area contributed by atoms with Crippen LogP contribution in [0.15, 0.2) is 48.2 Å². The van der Waals surface area contributed by atoms with Crippen LogP contribution in [-0.2, 0) is 10.1 Å². The fraction of sp³-hybridized carbons (Fsp3) is 0.167. The fourth-order valence-electron chi connectivity index (χ4n) is 2.41. The molecule has 2 aromatic carbocycles. The summed E-state index contributed by atoms with van der Waals surface area (Å²) in [6.07, 6.45) is 2.51. The van der Waals surface area contributed by atoms with Gasteiger partial charge in [-0.2, -0.15) is 8.42 Å². The predicted molar refractivity (Wildman–Crippen MR) is 92.5 cm³/mol. The van der Waals surface area contributed by atoms with Gasteiger partial charge in [0.15, 0.2) is 5.76 Å². The first-order chi connectivity index (χ1) is 11.9. The quantitative estimate of drug-likeness (QED) is 0.602. The molecule has 0 aliphatic carbocycles. The number of Topliss-reactive ketones (excluding diaryl/α,β-unsaturated/α-hetero) is 1. The fourth-order valence-corrected chi connectivity index (χ4v) is 2.86. The highest BCUT2D eigenvalue weighted by atomic mass is 32.2. The Hall–Kier alpha value is -2.80. The number of ketones is 1. The Labute approximate surface area is 145 Å². The normalized spacial score (nSPS) is 15.0. The van der Waals surface area contributed by atoms with E-state index in [4.69, 9.17) is 13.7 Å². The van der Waals surface area contributed by atoms with Crippen LogP contribution >= 0.6 is 0 Å². The monoisotopic (exact) mass is 360 g/mol. The lowest BCUT2D eigenvalue weighted by atomic mass is 10.1. The number of hydrogen-bond acceptors (Lipinski definition) is 6. The molecule has 1 aliphatic rings. The molecule has 1 aliphatic heterocycles. The maximum atomic E-state index is 12.4. The van der Waals surface area contributed by atoms with E-state index in [-0.39, 0.29) is 17.3 Å². The van der Waals surface area contributed by atoms with Crippen LogP contribution in [-0.4, -0.2) is 27.1 Å². The first-order valence-electron chi connectivity index (χ1n) is 7.56. The molecule has 0 saturated heterocycles. The average molecular weight is 360 g/mol. The molecule has 0 unspecified atom stereocenters. The third kappa shape index (κ3) is 4.00. The van der Waals surface area contributed by atoms with E-state index < -0.39 is 10.1 Å². The molecule has 0 amide bonds. The van der Waals surface area contributed by atoms with Crippen molar-refractivity contribution in [2.24, 2.45) is 0 Å². The van der Waals surface area contributed by atoms with Crippen molar-refractivity contribution in [3.05, 3.63) is 59.4 Å². The maximum Gasteiger partial charge on any atom is 0.306 e. The Morgan fingerprint density at radius 3 is 2.64 bits per heavy atom. The van der Waals surface area contributed by atoms with Gasteiger partial charge in [-0.1, -0.05) is 12.1 Å².